The molecule has 0 amide bonds. The minimum atomic E-state index is 0.142. The maximum atomic E-state index is 8.12. The standard InChI is InChI=1S/C36H41N2O.C30H42N3O.CO2/c1-23(2)24-12-7-13-25(20-24)32-30-21-26-10-3-5-16-37-18-8-14-28(33(26)37)35(30)39-36-29-15-9-19-38-17-6-4-11-27(34(29)38)22-31(32)36;1-7-21-19-30(5,6)33(14-9-11-20(3)4)27-18-29-25(16-23(21)27)31-24-15-22-12-10-13-32(8-2)26(22)17-28(24)34-29;2-1-3/h7,12-13,20-23H,3-6,8-11,14-19H2,1-2H3;15-18,20-21H,7-14,19H2,1-6H3;/q2*+1;. The Kier molecular flexibility index (Phi) is 14.9. The molecule has 0 N–H and O–H groups in total. The molecule has 8 heterocycles. The van der Waals surface area contributed by atoms with E-state index in [1.165, 1.54) is 187 Å². The molecule has 9 heteroatoms. The summed E-state index contributed by atoms with van der Waals surface area (Å²) >= 11 is 0. The summed E-state index contributed by atoms with van der Waals surface area (Å²) in [4.78, 5) is 26.7. The first-order chi connectivity index (χ1) is 36.9. The molecule has 9 nitrogen and oxygen atoms in total. The monoisotopic (exact) mass is 1020 g/mol. The third kappa shape index (κ3) is 9.73. The number of ether oxygens (including phenoxy) is 2. The van der Waals surface area contributed by atoms with Crippen LogP contribution in [0.4, 0.5) is 17.1 Å². The van der Waals surface area contributed by atoms with Crippen molar-refractivity contribution in [2.24, 2.45) is 10.9 Å². The molecule has 1 unspecified atom stereocenters. The number of anilines is 2. The third-order valence-corrected chi connectivity index (χ3v) is 18.2. The lowest BCUT2D eigenvalue weighted by Crippen LogP contribution is -2.49. The molecule has 8 aliphatic heterocycles. The molecule has 76 heavy (non-hydrogen) atoms. The molecule has 8 aliphatic rings. The van der Waals surface area contributed by atoms with Gasteiger partial charge in [-0.25, -0.2) is 14.1 Å². The van der Waals surface area contributed by atoms with Crippen LogP contribution in [0.1, 0.15) is 188 Å². The molecule has 0 fully saturated rings. The Morgan fingerprint density at radius 3 is 2.33 bits per heavy atom. The Labute approximate surface area is 452 Å². The van der Waals surface area contributed by atoms with Gasteiger partial charge in [-0.3, -0.25) is 0 Å². The van der Waals surface area contributed by atoms with Gasteiger partial charge in [0.05, 0.1) is 11.6 Å². The Morgan fingerprint density at radius 2 is 1.53 bits per heavy atom. The fourth-order valence-electron chi connectivity index (χ4n) is 14.5. The van der Waals surface area contributed by atoms with E-state index >= 15 is 0 Å². The number of benzene rings is 5. The maximum Gasteiger partial charge on any atom is 0.373 e. The molecule has 0 saturated carbocycles. The summed E-state index contributed by atoms with van der Waals surface area (Å²) in [6.07, 6.45) is 19.6. The van der Waals surface area contributed by atoms with Crippen LogP contribution in [-0.2, 0) is 41.7 Å². The summed E-state index contributed by atoms with van der Waals surface area (Å²) < 4.78 is 19.0. The number of hydrogen-bond acceptors (Lipinski definition) is 7. The van der Waals surface area contributed by atoms with Crippen LogP contribution in [0.2, 0.25) is 0 Å². The third-order valence-electron chi connectivity index (χ3n) is 18.2. The quantitative estimate of drug-likeness (QED) is 0.141. The molecule has 0 aromatic heterocycles. The van der Waals surface area contributed by atoms with E-state index in [4.69, 9.17) is 24.1 Å². The van der Waals surface area contributed by atoms with Gasteiger partial charge in [0.15, 0.2) is 11.5 Å². The molecule has 398 valence electrons. The van der Waals surface area contributed by atoms with E-state index in [0.717, 1.165) is 73.8 Å². The normalized spacial score (nSPS) is 19.1. The van der Waals surface area contributed by atoms with Gasteiger partial charge in [-0.1, -0.05) is 58.9 Å². The zero-order valence-corrected chi connectivity index (χ0v) is 47.1. The van der Waals surface area contributed by atoms with Gasteiger partial charge >= 0.3 is 6.15 Å². The average molecular weight is 1020 g/mol. The van der Waals surface area contributed by atoms with Crippen molar-refractivity contribution in [3.8, 4) is 23.0 Å². The molecule has 0 radical (unpaired) electrons. The summed E-state index contributed by atoms with van der Waals surface area (Å²) in [5.41, 5.74) is 18.5. The van der Waals surface area contributed by atoms with Gasteiger partial charge in [-0.15, -0.1) is 0 Å². The fraction of sp³-hybridized carbons (Fsp3) is 0.522. The highest BCUT2D eigenvalue weighted by molar-refractivity contribution is 5.89. The highest BCUT2D eigenvalue weighted by atomic mass is 16.5. The molecule has 5 aromatic rings. The van der Waals surface area contributed by atoms with Crippen molar-refractivity contribution in [3.63, 3.8) is 0 Å². The van der Waals surface area contributed by atoms with Crippen LogP contribution >= 0.6 is 0 Å². The van der Waals surface area contributed by atoms with Gasteiger partial charge in [0, 0.05) is 94.9 Å². The van der Waals surface area contributed by atoms with Crippen LogP contribution in [0.15, 0.2) is 65.7 Å². The number of fused-ring (bicyclic) bond motifs is 8. The molecule has 0 saturated heterocycles. The Hall–Kier alpha value is -6.05. The Morgan fingerprint density at radius 1 is 0.763 bits per heavy atom. The molecule has 0 aliphatic carbocycles. The highest BCUT2D eigenvalue weighted by Crippen LogP contribution is 2.51. The minimum Gasteiger partial charge on any atom is -0.455 e. The predicted molar refractivity (Wildman–Crippen MR) is 307 cm³/mol. The van der Waals surface area contributed by atoms with Crippen LogP contribution in [0.5, 0.6) is 23.0 Å². The second kappa shape index (κ2) is 21.8. The molecular formula is C67H83N5O4+2. The molecule has 0 bridgehead atoms. The summed E-state index contributed by atoms with van der Waals surface area (Å²) in [5, 5.41) is 5.17. The van der Waals surface area contributed by atoms with E-state index in [9.17, 15) is 0 Å². The van der Waals surface area contributed by atoms with Gasteiger partial charge in [-0.2, -0.15) is 9.59 Å². The number of carbonyl (C=O) groups excluding carboxylic acids is 2. The second-order valence-electron chi connectivity index (χ2n) is 24.4. The van der Waals surface area contributed by atoms with Crippen LogP contribution in [0.3, 0.4) is 0 Å². The van der Waals surface area contributed by atoms with Crippen molar-refractivity contribution in [1.82, 2.24) is 9.15 Å². The fourth-order valence-corrected chi connectivity index (χ4v) is 14.5. The van der Waals surface area contributed by atoms with Gasteiger partial charge in [-0.05, 0) is 169 Å². The molecule has 0 spiro atoms. The Bertz CT molecular complexity index is 3380. The van der Waals surface area contributed by atoms with E-state index in [-0.39, 0.29) is 11.7 Å². The van der Waals surface area contributed by atoms with E-state index in [0.29, 0.717) is 11.8 Å². The minimum absolute atomic E-state index is 0.142. The summed E-state index contributed by atoms with van der Waals surface area (Å²) in [7, 11) is 0. The van der Waals surface area contributed by atoms with Crippen molar-refractivity contribution in [2.75, 3.05) is 55.6 Å². The largest absolute Gasteiger partial charge is 0.455 e. The first kappa shape index (κ1) is 52.0. The van der Waals surface area contributed by atoms with Gasteiger partial charge < -0.3 is 19.3 Å². The molecular weight excluding hydrogens is 939 g/mol. The second-order valence-corrected chi connectivity index (χ2v) is 24.4. The number of nitrogens with zero attached hydrogens (tertiary/aromatic N) is 5. The molecule has 13 rings (SSSR count). The SMILES string of the molecule is CC(C)c1cccc(C2=c3cc4c5c(c3Oc3c2cc2c6c3CCCN6CCCC2)CCC[N+]=5CCCC4)c1.CCC1CC(C)(C)N(CCCC(C)C)c2cc3c(cc21)N=c1cc2c(cc1O3)=[N+](CC)CCC2.O=C=O. The van der Waals surface area contributed by atoms with Crippen molar-refractivity contribution >= 4 is 28.8 Å². The van der Waals surface area contributed by atoms with Gasteiger partial charge in [0.25, 0.3) is 0 Å². The van der Waals surface area contributed by atoms with Crippen molar-refractivity contribution in [2.45, 2.75) is 175 Å². The maximum absolute atomic E-state index is 8.12. The van der Waals surface area contributed by atoms with Gasteiger partial charge in [0.2, 0.25) is 10.7 Å². The van der Waals surface area contributed by atoms with Crippen molar-refractivity contribution < 1.29 is 19.1 Å². The lowest BCUT2D eigenvalue weighted by Gasteiger charge is -2.48. The van der Waals surface area contributed by atoms with E-state index in [1.54, 1.807) is 11.1 Å². The molecule has 1 atom stereocenters. The van der Waals surface area contributed by atoms with Crippen LogP contribution < -0.4 is 49.7 Å². The first-order valence-corrected chi connectivity index (χ1v) is 29.7. The van der Waals surface area contributed by atoms with Crippen molar-refractivity contribution in [3.05, 3.63) is 132 Å². The lowest BCUT2D eigenvalue weighted by molar-refractivity contribution is -0.191. The van der Waals surface area contributed by atoms with Crippen LogP contribution in [-0.4, -0.2) is 57.5 Å². The van der Waals surface area contributed by atoms with Gasteiger partial charge in [0.1, 0.15) is 48.7 Å². The average Bonchev–Trinajstić information content (AvgIpc) is 3.81. The zero-order valence-electron chi connectivity index (χ0n) is 47.1. The predicted octanol–water partition coefficient (Wildman–Crippen LogP) is 11.6. The summed E-state index contributed by atoms with van der Waals surface area (Å²) in [6.45, 7) is 26.7. The number of rotatable bonds is 8. The van der Waals surface area contributed by atoms with E-state index in [1.807, 2.05) is 0 Å². The first-order valence-electron chi connectivity index (χ1n) is 29.7. The highest BCUT2D eigenvalue weighted by Gasteiger charge is 2.39. The number of aryl methyl sites for hydroxylation is 3. The van der Waals surface area contributed by atoms with E-state index in [2.05, 4.69) is 135 Å². The van der Waals surface area contributed by atoms with Crippen LogP contribution in [0.25, 0.3) is 5.57 Å². The van der Waals surface area contributed by atoms with Crippen molar-refractivity contribution in [1.29, 1.82) is 0 Å². The Balaban J connectivity index is 0.000000156. The zero-order chi connectivity index (χ0) is 52.8. The topological polar surface area (TPSA) is 77.5 Å². The summed E-state index contributed by atoms with van der Waals surface area (Å²) in [6, 6.07) is 23.6. The van der Waals surface area contributed by atoms with Crippen LogP contribution in [0, 0.1) is 5.92 Å². The number of hydrogen-bond donors (Lipinski definition) is 0. The molecule has 5 aromatic carbocycles. The smallest absolute Gasteiger partial charge is 0.373 e. The lowest BCUT2D eigenvalue weighted by atomic mass is 9.77. The summed E-state index contributed by atoms with van der Waals surface area (Å²) in [5.74, 6) is 5.96. The van der Waals surface area contributed by atoms with E-state index < -0.39 is 0 Å².